The molecule has 1 amide bonds. The lowest BCUT2D eigenvalue weighted by atomic mass is 9.99. The maximum absolute atomic E-state index is 12.0. The van der Waals surface area contributed by atoms with Crippen LogP contribution in [0.3, 0.4) is 0 Å². The van der Waals surface area contributed by atoms with E-state index in [1.54, 1.807) is 0 Å². The van der Waals surface area contributed by atoms with Crippen molar-refractivity contribution >= 4 is 5.91 Å². The monoisotopic (exact) mass is 262 g/mol. The van der Waals surface area contributed by atoms with Crippen molar-refractivity contribution in [2.45, 2.75) is 32.4 Å². The van der Waals surface area contributed by atoms with Crippen molar-refractivity contribution in [3.05, 3.63) is 35.4 Å². The maximum Gasteiger partial charge on any atom is 0.251 e. The Morgan fingerprint density at radius 1 is 1.42 bits per heavy atom. The molecule has 0 aliphatic carbocycles. The topological polar surface area (TPSA) is 64.3 Å². The normalized spacial score (nSPS) is 22.4. The lowest BCUT2D eigenvalue weighted by Gasteiger charge is -2.17. The fourth-order valence-electron chi connectivity index (χ4n) is 2.50. The van der Waals surface area contributed by atoms with Crippen LogP contribution in [-0.4, -0.2) is 25.2 Å². The van der Waals surface area contributed by atoms with Crippen molar-refractivity contribution in [1.82, 2.24) is 5.32 Å². The van der Waals surface area contributed by atoms with Gasteiger partial charge in [-0.1, -0.05) is 19.1 Å². The molecule has 4 heteroatoms. The van der Waals surface area contributed by atoms with Crippen molar-refractivity contribution < 1.29 is 9.53 Å². The predicted molar refractivity (Wildman–Crippen MR) is 74.8 cm³/mol. The molecule has 0 radical (unpaired) electrons. The summed E-state index contributed by atoms with van der Waals surface area (Å²) in [6.07, 6.45) is 2.33. The number of benzene rings is 1. The van der Waals surface area contributed by atoms with Gasteiger partial charge < -0.3 is 15.8 Å². The van der Waals surface area contributed by atoms with Crippen LogP contribution in [0.4, 0.5) is 0 Å². The van der Waals surface area contributed by atoms with Gasteiger partial charge in [0.25, 0.3) is 5.91 Å². The molecule has 0 saturated carbocycles. The highest BCUT2D eigenvalue weighted by molar-refractivity contribution is 5.94. The van der Waals surface area contributed by atoms with Crippen molar-refractivity contribution in [1.29, 1.82) is 0 Å². The molecule has 1 heterocycles. The number of nitrogens with one attached hydrogen (secondary N) is 1. The highest BCUT2D eigenvalue weighted by atomic mass is 16.5. The molecule has 2 atom stereocenters. The van der Waals surface area contributed by atoms with Crippen molar-refractivity contribution in [2.24, 2.45) is 11.7 Å². The number of hydrogen-bond acceptors (Lipinski definition) is 3. The van der Waals surface area contributed by atoms with Crippen LogP contribution >= 0.6 is 0 Å². The van der Waals surface area contributed by atoms with E-state index in [0.717, 1.165) is 25.0 Å². The SMILES string of the molecule is CCC1OCCC1CNC(=O)c1ccc(CN)cc1. The van der Waals surface area contributed by atoms with Crippen LogP contribution in [0.25, 0.3) is 0 Å². The third kappa shape index (κ3) is 3.55. The molecule has 1 saturated heterocycles. The van der Waals surface area contributed by atoms with Gasteiger partial charge in [-0.2, -0.15) is 0 Å². The van der Waals surface area contributed by atoms with Gasteiger partial charge in [0.2, 0.25) is 0 Å². The molecule has 1 aromatic rings. The Morgan fingerprint density at radius 2 is 2.16 bits per heavy atom. The fraction of sp³-hybridized carbons (Fsp3) is 0.533. The molecule has 0 aromatic heterocycles. The Balaban J connectivity index is 1.86. The lowest BCUT2D eigenvalue weighted by molar-refractivity contribution is 0.0827. The maximum atomic E-state index is 12.0. The molecule has 1 fully saturated rings. The summed E-state index contributed by atoms with van der Waals surface area (Å²) >= 11 is 0. The summed E-state index contributed by atoms with van der Waals surface area (Å²) < 4.78 is 5.62. The van der Waals surface area contributed by atoms with E-state index in [-0.39, 0.29) is 5.91 Å². The summed E-state index contributed by atoms with van der Waals surface area (Å²) in [6.45, 7) is 4.12. The number of hydrogen-bond donors (Lipinski definition) is 2. The number of nitrogens with two attached hydrogens (primary N) is 1. The van der Waals surface area contributed by atoms with Gasteiger partial charge >= 0.3 is 0 Å². The van der Waals surface area contributed by atoms with Crippen LogP contribution in [0.1, 0.15) is 35.7 Å². The van der Waals surface area contributed by atoms with Gasteiger partial charge in [0.1, 0.15) is 0 Å². The third-order valence-electron chi connectivity index (χ3n) is 3.73. The molecule has 4 nitrogen and oxygen atoms in total. The van der Waals surface area contributed by atoms with E-state index in [4.69, 9.17) is 10.5 Å². The minimum absolute atomic E-state index is 0.0228. The van der Waals surface area contributed by atoms with E-state index in [9.17, 15) is 4.79 Å². The molecule has 1 aliphatic rings. The second kappa shape index (κ2) is 6.68. The summed E-state index contributed by atoms with van der Waals surface area (Å²) in [4.78, 5) is 12.0. The summed E-state index contributed by atoms with van der Waals surface area (Å²) in [6, 6.07) is 7.42. The molecule has 0 bridgehead atoms. The molecule has 1 aliphatic heterocycles. The van der Waals surface area contributed by atoms with Gasteiger partial charge in [-0.3, -0.25) is 4.79 Å². The number of ether oxygens (including phenoxy) is 1. The molecule has 1 aromatic carbocycles. The van der Waals surface area contributed by atoms with Gasteiger partial charge in [0.15, 0.2) is 0 Å². The van der Waals surface area contributed by atoms with Gasteiger partial charge in [0, 0.05) is 31.2 Å². The van der Waals surface area contributed by atoms with Crippen molar-refractivity contribution in [2.75, 3.05) is 13.2 Å². The standard InChI is InChI=1S/C15H22N2O2/c1-2-14-13(7-8-19-14)10-17-15(18)12-5-3-11(9-16)4-6-12/h3-6,13-14H,2,7-10,16H2,1H3,(H,17,18). The van der Waals surface area contributed by atoms with Crippen molar-refractivity contribution in [3.63, 3.8) is 0 Å². The van der Waals surface area contributed by atoms with E-state index in [2.05, 4.69) is 12.2 Å². The lowest BCUT2D eigenvalue weighted by Crippen LogP contribution is -2.32. The first kappa shape index (κ1) is 14.0. The van der Waals surface area contributed by atoms with Crippen LogP contribution in [-0.2, 0) is 11.3 Å². The van der Waals surface area contributed by atoms with E-state index in [0.29, 0.717) is 30.7 Å². The molecular weight excluding hydrogens is 240 g/mol. The quantitative estimate of drug-likeness (QED) is 0.848. The average molecular weight is 262 g/mol. The Hall–Kier alpha value is -1.39. The predicted octanol–water partition coefficient (Wildman–Crippen LogP) is 1.69. The van der Waals surface area contributed by atoms with Gasteiger partial charge in [0.05, 0.1) is 6.10 Å². The third-order valence-corrected chi connectivity index (χ3v) is 3.73. The zero-order valence-electron chi connectivity index (χ0n) is 11.4. The Labute approximate surface area is 114 Å². The van der Waals surface area contributed by atoms with Gasteiger partial charge in [-0.15, -0.1) is 0 Å². The molecule has 19 heavy (non-hydrogen) atoms. The minimum Gasteiger partial charge on any atom is -0.378 e. The Morgan fingerprint density at radius 3 is 2.79 bits per heavy atom. The number of rotatable bonds is 5. The first-order chi connectivity index (χ1) is 9.24. The Bertz CT molecular complexity index is 417. The molecule has 3 N–H and O–H groups in total. The molecule has 0 spiro atoms. The zero-order chi connectivity index (χ0) is 13.7. The van der Waals surface area contributed by atoms with Crippen LogP contribution in [0.15, 0.2) is 24.3 Å². The summed E-state index contributed by atoms with van der Waals surface area (Å²) in [7, 11) is 0. The largest absolute Gasteiger partial charge is 0.378 e. The highest BCUT2D eigenvalue weighted by Gasteiger charge is 2.26. The van der Waals surface area contributed by atoms with Gasteiger partial charge in [-0.25, -0.2) is 0 Å². The first-order valence-corrected chi connectivity index (χ1v) is 6.93. The van der Waals surface area contributed by atoms with E-state index >= 15 is 0 Å². The number of amides is 1. The summed E-state index contributed by atoms with van der Waals surface area (Å²) in [5, 5.41) is 2.99. The average Bonchev–Trinajstić information content (AvgIpc) is 2.92. The number of carbonyl (C=O) groups is 1. The van der Waals surface area contributed by atoms with Crippen LogP contribution in [0.2, 0.25) is 0 Å². The van der Waals surface area contributed by atoms with E-state index in [1.807, 2.05) is 24.3 Å². The second-order valence-corrected chi connectivity index (χ2v) is 4.98. The zero-order valence-corrected chi connectivity index (χ0v) is 11.4. The highest BCUT2D eigenvalue weighted by Crippen LogP contribution is 2.22. The second-order valence-electron chi connectivity index (χ2n) is 4.98. The summed E-state index contributed by atoms with van der Waals surface area (Å²) in [5.41, 5.74) is 7.25. The summed E-state index contributed by atoms with van der Waals surface area (Å²) in [5.74, 6) is 0.419. The van der Waals surface area contributed by atoms with Gasteiger partial charge in [-0.05, 0) is 30.5 Å². The fourth-order valence-corrected chi connectivity index (χ4v) is 2.50. The van der Waals surface area contributed by atoms with E-state index in [1.165, 1.54) is 0 Å². The molecule has 2 rings (SSSR count). The first-order valence-electron chi connectivity index (χ1n) is 6.93. The van der Waals surface area contributed by atoms with E-state index < -0.39 is 0 Å². The molecule has 104 valence electrons. The Kier molecular flexibility index (Phi) is 4.93. The van der Waals surface area contributed by atoms with Crippen LogP contribution in [0.5, 0.6) is 0 Å². The minimum atomic E-state index is -0.0228. The number of carbonyl (C=O) groups excluding carboxylic acids is 1. The van der Waals surface area contributed by atoms with Crippen LogP contribution in [0, 0.1) is 5.92 Å². The van der Waals surface area contributed by atoms with Crippen LogP contribution < -0.4 is 11.1 Å². The smallest absolute Gasteiger partial charge is 0.251 e. The van der Waals surface area contributed by atoms with Crippen molar-refractivity contribution in [3.8, 4) is 0 Å². The molecular formula is C15H22N2O2. The molecule has 2 unspecified atom stereocenters.